The van der Waals surface area contributed by atoms with Crippen molar-refractivity contribution in [1.29, 1.82) is 0 Å². The van der Waals surface area contributed by atoms with E-state index >= 15 is 0 Å². The number of nitrogens with zero attached hydrogens (tertiary/aromatic N) is 3. The minimum atomic E-state index is 0.332. The fourth-order valence-corrected chi connectivity index (χ4v) is 1.51. The van der Waals surface area contributed by atoms with Crippen LogP contribution < -0.4 is 5.32 Å². The molecule has 0 aromatic carbocycles. The van der Waals surface area contributed by atoms with Gasteiger partial charge in [0.05, 0.1) is 6.54 Å². The van der Waals surface area contributed by atoms with Gasteiger partial charge in [0.2, 0.25) is 0 Å². The highest BCUT2D eigenvalue weighted by molar-refractivity contribution is 5.36. The molecule has 0 aliphatic rings. The van der Waals surface area contributed by atoms with Crippen molar-refractivity contribution in [2.45, 2.75) is 33.2 Å². The number of H-pyrrole nitrogens is 1. The number of anilines is 1. The summed E-state index contributed by atoms with van der Waals surface area (Å²) in [5, 5.41) is 3.24. The van der Waals surface area contributed by atoms with E-state index in [1.165, 1.54) is 0 Å². The van der Waals surface area contributed by atoms with E-state index in [9.17, 15) is 0 Å². The minimum Gasteiger partial charge on any atom is -0.363 e. The number of aromatic nitrogens is 4. The van der Waals surface area contributed by atoms with Gasteiger partial charge in [-0.15, -0.1) is 0 Å². The van der Waals surface area contributed by atoms with E-state index in [2.05, 4.69) is 39.1 Å². The first-order valence-electron chi connectivity index (χ1n) is 5.73. The lowest BCUT2D eigenvalue weighted by atomic mass is 10.2. The summed E-state index contributed by atoms with van der Waals surface area (Å²) >= 11 is 0. The molecule has 0 fully saturated rings. The Bertz CT molecular complexity index is 476. The molecular formula is C12H17N5. The van der Waals surface area contributed by atoms with Crippen molar-refractivity contribution >= 4 is 5.82 Å². The predicted octanol–water partition coefficient (Wildman–Crippen LogP) is 2.24. The average Bonchev–Trinajstić information content (AvgIpc) is 2.78. The van der Waals surface area contributed by atoms with Gasteiger partial charge in [-0.3, -0.25) is 0 Å². The summed E-state index contributed by atoms with van der Waals surface area (Å²) in [4.78, 5) is 16.1. The van der Waals surface area contributed by atoms with Crippen LogP contribution in [0.1, 0.15) is 37.1 Å². The Morgan fingerprint density at radius 2 is 2.18 bits per heavy atom. The number of hydrogen-bond acceptors (Lipinski definition) is 4. The number of nitrogens with one attached hydrogen (secondary N) is 2. The number of hydrogen-bond donors (Lipinski definition) is 2. The molecular weight excluding hydrogens is 214 g/mol. The molecule has 0 amide bonds. The Morgan fingerprint density at radius 1 is 1.35 bits per heavy atom. The molecule has 0 unspecified atom stereocenters. The highest BCUT2D eigenvalue weighted by Gasteiger charge is 2.06. The van der Waals surface area contributed by atoms with Gasteiger partial charge in [0.25, 0.3) is 0 Å². The molecule has 0 atom stereocenters. The molecule has 2 aromatic heterocycles. The zero-order valence-corrected chi connectivity index (χ0v) is 10.4. The standard InChI is InChI=1S/C12H17N5/c1-8(2)12-16-9(3)6-10(17-12)15-7-11-13-4-5-14-11/h4-6,8H,7H2,1-3H3,(H,13,14)(H,15,16,17). The summed E-state index contributed by atoms with van der Waals surface area (Å²) in [5.74, 6) is 2.94. The first-order chi connectivity index (χ1) is 8.15. The third-order valence-corrected chi connectivity index (χ3v) is 2.38. The highest BCUT2D eigenvalue weighted by Crippen LogP contribution is 2.13. The fraction of sp³-hybridized carbons (Fsp3) is 0.417. The maximum atomic E-state index is 4.47. The Balaban J connectivity index is 2.10. The molecule has 2 rings (SSSR count). The first-order valence-corrected chi connectivity index (χ1v) is 5.73. The maximum absolute atomic E-state index is 4.47. The molecule has 17 heavy (non-hydrogen) atoms. The number of aryl methyl sites for hydroxylation is 1. The van der Waals surface area contributed by atoms with Crippen LogP contribution in [-0.2, 0) is 6.54 Å². The van der Waals surface area contributed by atoms with Crippen LogP contribution in [0.4, 0.5) is 5.82 Å². The number of imidazole rings is 1. The van der Waals surface area contributed by atoms with Crippen molar-refractivity contribution in [3.8, 4) is 0 Å². The molecule has 2 heterocycles. The van der Waals surface area contributed by atoms with E-state index in [-0.39, 0.29) is 0 Å². The van der Waals surface area contributed by atoms with Crippen molar-refractivity contribution in [2.24, 2.45) is 0 Å². The second kappa shape index (κ2) is 4.95. The lowest BCUT2D eigenvalue weighted by molar-refractivity contribution is 0.766. The molecule has 0 aliphatic carbocycles. The zero-order valence-electron chi connectivity index (χ0n) is 10.4. The van der Waals surface area contributed by atoms with Crippen LogP contribution in [0.2, 0.25) is 0 Å². The molecule has 2 aromatic rings. The first kappa shape index (κ1) is 11.6. The summed E-state index contributed by atoms with van der Waals surface area (Å²) in [7, 11) is 0. The smallest absolute Gasteiger partial charge is 0.133 e. The molecule has 0 radical (unpaired) electrons. The lowest BCUT2D eigenvalue weighted by Gasteiger charge is -2.09. The van der Waals surface area contributed by atoms with Crippen molar-refractivity contribution < 1.29 is 0 Å². The Hall–Kier alpha value is -1.91. The SMILES string of the molecule is Cc1cc(NCc2ncc[nH]2)nc(C(C)C)n1. The summed E-state index contributed by atoms with van der Waals surface area (Å²) in [5.41, 5.74) is 0.977. The Morgan fingerprint density at radius 3 is 2.82 bits per heavy atom. The summed E-state index contributed by atoms with van der Waals surface area (Å²) < 4.78 is 0. The Kier molecular flexibility index (Phi) is 3.37. The third kappa shape index (κ3) is 3.03. The van der Waals surface area contributed by atoms with Gasteiger partial charge in [-0.05, 0) is 6.92 Å². The normalized spacial score (nSPS) is 10.8. The van der Waals surface area contributed by atoms with E-state index in [0.29, 0.717) is 12.5 Å². The van der Waals surface area contributed by atoms with Gasteiger partial charge in [-0.25, -0.2) is 15.0 Å². The molecule has 0 saturated heterocycles. The van der Waals surface area contributed by atoms with Crippen molar-refractivity contribution in [3.05, 3.63) is 35.8 Å². The van der Waals surface area contributed by atoms with Crippen LogP contribution in [0, 0.1) is 6.92 Å². The van der Waals surface area contributed by atoms with Crippen LogP contribution in [0.15, 0.2) is 18.5 Å². The number of rotatable bonds is 4. The van der Waals surface area contributed by atoms with Crippen LogP contribution >= 0.6 is 0 Å². The van der Waals surface area contributed by atoms with Gasteiger partial charge in [0, 0.05) is 30.1 Å². The molecule has 90 valence electrons. The van der Waals surface area contributed by atoms with Gasteiger partial charge in [0.1, 0.15) is 17.5 Å². The predicted molar refractivity (Wildman–Crippen MR) is 66.8 cm³/mol. The van der Waals surface area contributed by atoms with E-state index in [1.807, 2.05) is 19.2 Å². The topological polar surface area (TPSA) is 66.5 Å². The highest BCUT2D eigenvalue weighted by atomic mass is 15.1. The minimum absolute atomic E-state index is 0.332. The molecule has 5 nitrogen and oxygen atoms in total. The van der Waals surface area contributed by atoms with Gasteiger partial charge in [-0.2, -0.15) is 0 Å². The molecule has 5 heteroatoms. The quantitative estimate of drug-likeness (QED) is 0.847. The molecule has 2 N–H and O–H groups in total. The van der Waals surface area contributed by atoms with Crippen molar-refractivity contribution in [2.75, 3.05) is 5.32 Å². The van der Waals surface area contributed by atoms with Gasteiger partial charge >= 0.3 is 0 Å². The van der Waals surface area contributed by atoms with E-state index in [1.54, 1.807) is 6.20 Å². The van der Waals surface area contributed by atoms with E-state index in [0.717, 1.165) is 23.2 Å². The molecule has 0 saturated carbocycles. The van der Waals surface area contributed by atoms with E-state index in [4.69, 9.17) is 0 Å². The van der Waals surface area contributed by atoms with Crippen molar-refractivity contribution in [3.63, 3.8) is 0 Å². The van der Waals surface area contributed by atoms with Crippen LogP contribution in [0.5, 0.6) is 0 Å². The van der Waals surface area contributed by atoms with Gasteiger partial charge < -0.3 is 10.3 Å². The lowest BCUT2D eigenvalue weighted by Crippen LogP contribution is -2.07. The summed E-state index contributed by atoms with van der Waals surface area (Å²) in [6.45, 7) is 6.79. The second-order valence-electron chi connectivity index (χ2n) is 4.30. The molecule has 0 bridgehead atoms. The Labute approximate surface area is 101 Å². The summed E-state index contributed by atoms with van der Waals surface area (Å²) in [6.07, 6.45) is 3.55. The van der Waals surface area contributed by atoms with Crippen molar-refractivity contribution in [1.82, 2.24) is 19.9 Å². The number of aromatic amines is 1. The van der Waals surface area contributed by atoms with Crippen LogP contribution in [0.25, 0.3) is 0 Å². The van der Waals surface area contributed by atoms with E-state index < -0.39 is 0 Å². The largest absolute Gasteiger partial charge is 0.363 e. The van der Waals surface area contributed by atoms with Crippen LogP contribution in [-0.4, -0.2) is 19.9 Å². The second-order valence-corrected chi connectivity index (χ2v) is 4.30. The fourth-order valence-electron chi connectivity index (χ4n) is 1.51. The maximum Gasteiger partial charge on any atom is 0.133 e. The molecule has 0 aliphatic heterocycles. The molecule has 0 spiro atoms. The van der Waals surface area contributed by atoms with Crippen LogP contribution in [0.3, 0.4) is 0 Å². The summed E-state index contributed by atoms with van der Waals surface area (Å²) in [6, 6.07) is 1.94. The van der Waals surface area contributed by atoms with Gasteiger partial charge in [-0.1, -0.05) is 13.8 Å². The van der Waals surface area contributed by atoms with Gasteiger partial charge in [0.15, 0.2) is 0 Å². The third-order valence-electron chi connectivity index (χ3n) is 2.38. The monoisotopic (exact) mass is 231 g/mol. The average molecular weight is 231 g/mol. The zero-order chi connectivity index (χ0) is 12.3.